The van der Waals surface area contributed by atoms with Crippen LogP contribution in [-0.4, -0.2) is 53.0 Å². The third kappa shape index (κ3) is 11.3. The highest BCUT2D eigenvalue weighted by Gasteiger charge is 2.31. The smallest absolute Gasteiger partial charge is 0.326 e. The van der Waals surface area contributed by atoms with Crippen LogP contribution in [0.1, 0.15) is 51.7 Å². The van der Waals surface area contributed by atoms with Crippen molar-refractivity contribution in [3.63, 3.8) is 0 Å². The summed E-state index contributed by atoms with van der Waals surface area (Å²) in [5.41, 5.74) is 7.58. The van der Waals surface area contributed by atoms with E-state index in [1.165, 1.54) is 0 Å². The molecule has 0 aliphatic heterocycles. The number of carboxylic acids is 1. The molecule has 0 unspecified atom stereocenters. The van der Waals surface area contributed by atoms with Gasteiger partial charge in [0.05, 0.1) is 6.04 Å². The highest BCUT2D eigenvalue weighted by Crippen LogP contribution is 2.11. The molecule has 6 N–H and O–H groups in total. The van der Waals surface area contributed by atoms with Crippen LogP contribution in [0.4, 0.5) is 0 Å². The largest absolute Gasteiger partial charge is 0.480 e. The molecule has 0 heterocycles. The Morgan fingerprint density at radius 2 is 1.05 bits per heavy atom. The lowest BCUT2D eigenvalue weighted by Crippen LogP contribution is -2.58. The summed E-state index contributed by atoms with van der Waals surface area (Å²) >= 11 is 0. The van der Waals surface area contributed by atoms with Crippen LogP contribution in [0.15, 0.2) is 60.7 Å². The van der Waals surface area contributed by atoms with E-state index >= 15 is 0 Å². The molecule has 0 aliphatic rings. The van der Waals surface area contributed by atoms with Gasteiger partial charge in [-0.05, 0) is 35.8 Å². The topological polar surface area (TPSA) is 151 Å². The molecule has 39 heavy (non-hydrogen) atoms. The van der Waals surface area contributed by atoms with Gasteiger partial charge in [0, 0.05) is 12.8 Å². The second kappa shape index (κ2) is 15.6. The molecule has 9 nitrogen and oxygen atoms in total. The number of rotatable bonds is 15. The highest BCUT2D eigenvalue weighted by atomic mass is 16.4. The van der Waals surface area contributed by atoms with Crippen molar-refractivity contribution in [1.29, 1.82) is 0 Å². The zero-order valence-electron chi connectivity index (χ0n) is 23.2. The first-order chi connectivity index (χ1) is 18.5. The maximum atomic E-state index is 13.4. The van der Waals surface area contributed by atoms with Gasteiger partial charge in [-0.3, -0.25) is 14.4 Å². The first-order valence-corrected chi connectivity index (χ1v) is 13.4. The lowest BCUT2D eigenvalue weighted by Gasteiger charge is -2.26. The number of hydrogen-bond acceptors (Lipinski definition) is 5. The Morgan fingerprint density at radius 3 is 1.51 bits per heavy atom. The van der Waals surface area contributed by atoms with E-state index in [0.29, 0.717) is 12.8 Å². The van der Waals surface area contributed by atoms with E-state index in [1.807, 2.05) is 64.1 Å². The number of hydrogen-bond donors (Lipinski definition) is 5. The first kappa shape index (κ1) is 31.5. The summed E-state index contributed by atoms with van der Waals surface area (Å²) < 4.78 is 0. The molecule has 0 saturated carbocycles. The molecule has 2 aromatic rings. The SMILES string of the molecule is CC(C)C[C@H](NC(=O)[C@@H](N)CC(C)C)C(=O)N[C@@H](Cc1ccccc1)C(=O)N[C@@H](Cc1ccccc1)C(=O)O. The number of carbonyl (C=O) groups excluding carboxylic acids is 3. The molecule has 0 bridgehead atoms. The second-order valence-corrected chi connectivity index (χ2v) is 10.8. The lowest BCUT2D eigenvalue weighted by molar-refractivity contribution is -0.142. The lowest BCUT2D eigenvalue weighted by atomic mass is 9.99. The monoisotopic (exact) mass is 538 g/mol. The Hall–Kier alpha value is -3.72. The summed E-state index contributed by atoms with van der Waals surface area (Å²) in [6.07, 6.45) is 1.05. The van der Waals surface area contributed by atoms with Crippen LogP contribution < -0.4 is 21.7 Å². The summed E-state index contributed by atoms with van der Waals surface area (Å²) in [6, 6.07) is 14.2. The van der Waals surface area contributed by atoms with Gasteiger partial charge in [0.1, 0.15) is 18.1 Å². The van der Waals surface area contributed by atoms with Crippen molar-refractivity contribution < 1.29 is 24.3 Å². The van der Waals surface area contributed by atoms with Gasteiger partial charge < -0.3 is 26.8 Å². The summed E-state index contributed by atoms with van der Waals surface area (Å²) in [5.74, 6) is -2.48. The van der Waals surface area contributed by atoms with E-state index in [-0.39, 0.29) is 24.7 Å². The molecule has 0 spiro atoms. The minimum atomic E-state index is -1.18. The van der Waals surface area contributed by atoms with Gasteiger partial charge in [0.15, 0.2) is 0 Å². The summed E-state index contributed by atoms with van der Waals surface area (Å²) in [4.78, 5) is 51.5. The van der Waals surface area contributed by atoms with Crippen LogP contribution >= 0.6 is 0 Å². The van der Waals surface area contributed by atoms with E-state index < -0.39 is 47.9 Å². The van der Waals surface area contributed by atoms with E-state index in [4.69, 9.17) is 5.73 Å². The number of nitrogens with two attached hydrogens (primary N) is 1. The van der Waals surface area contributed by atoms with Crippen LogP contribution in [-0.2, 0) is 32.0 Å². The Labute approximate surface area is 230 Å². The van der Waals surface area contributed by atoms with Gasteiger partial charge in [0.25, 0.3) is 0 Å². The van der Waals surface area contributed by atoms with Gasteiger partial charge in [0.2, 0.25) is 17.7 Å². The van der Waals surface area contributed by atoms with Crippen molar-refractivity contribution in [3.8, 4) is 0 Å². The maximum absolute atomic E-state index is 13.4. The molecule has 0 aromatic heterocycles. The summed E-state index contributed by atoms with van der Waals surface area (Å²) in [5, 5.41) is 17.9. The Bertz CT molecular complexity index is 1080. The van der Waals surface area contributed by atoms with E-state index in [0.717, 1.165) is 11.1 Å². The summed E-state index contributed by atoms with van der Waals surface area (Å²) in [6.45, 7) is 7.77. The van der Waals surface area contributed by atoms with E-state index in [2.05, 4.69) is 16.0 Å². The van der Waals surface area contributed by atoms with Crippen molar-refractivity contribution >= 4 is 23.7 Å². The molecule has 4 atom stereocenters. The molecule has 3 amide bonds. The summed E-state index contributed by atoms with van der Waals surface area (Å²) in [7, 11) is 0. The van der Waals surface area contributed by atoms with Crippen LogP contribution in [0.3, 0.4) is 0 Å². The number of carboxylic acid groups (broad SMARTS) is 1. The standard InChI is InChI=1S/C30H42N4O5/c1-19(2)15-23(31)27(35)32-24(16-20(3)4)28(36)33-25(17-21-11-7-5-8-12-21)29(37)34-26(30(38)39)18-22-13-9-6-10-14-22/h5-14,19-20,23-26H,15-18,31H2,1-4H3,(H,32,35)(H,33,36)(H,34,37)(H,38,39)/t23-,24-,25-,26-/m0/s1. The third-order valence-electron chi connectivity index (χ3n) is 6.22. The third-order valence-corrected chi connectivity index (χ3v) is 6.22. The fourth-order valence-electron chi connectivity index (χ4n) is 4.25. The molecule has 0 aliphatic carbocycles. The van der Waals surface area contributed by atoms with Crippen molar-refractivity contribution in [2.24, 2.45) is 17.6 Å². The predicted octanol–water partition coefficient (Wildman–Crippen LogP) is 2.43. The first-order valence-electron chi connectivity index (χ1n) is 13.4. The minimum Gasteiger partial charge on any atom is -0.480 e. The van der Waals surface area contributed by atoms with Gasteiger partial charge >= 0.3 is 5.97 Å². The molecule has 0 radical (unpaired) electrons. The number of nitrogens with one attached hydrogen (secondary N) is 3. The average molecular weight is 539 g/mol. The van der Waals surface area contributed by atoms with Crippen LogP contribution in [0.5, 0.6) is 0 Å². The van der Waals surface area contributed by atoms with Crippen molar-refractivity contribution in [3.05, 3.63) is 71.8 Å². The molecule has 0 fully saturated rings. The van der Waals surface area contributed by atoms with Crippen LogP contribution in [0.25, 0.3) is 0 Å². The maximum Gasteiger partial charge on any atom is 0.326 e. The molecule has 212 valence electrons. The zero-order valence-corrected chi connectivity index (χ0v) is 23.2. The van der Waals surface area contributed by atoms with E-state index in [1.54, 1.807) is 24.3 Å². The van der Waals surface area contributed by atoms with Crippen molar-refractivity contribution in [1.82, 2.24) is 16.0 Å². The van der Waals surface area contributed by atoms with Gasteiger partial charge in [-0.1, -0.05) is 88.4 Å². The van der Waals surface area contributed by atoms with Gasteiger partial charge in [-0.25, -0.2) is 4.79 Å². The Kier molecular flexibility index (Phi) is 12.6. The number of benzene rings is 2. The quantitative estimate of drug-likeness (QED) is 0.235. The fraction of sp³-hybridized carbons (Fsp3) is 0.467. The predicted molar refractivity (Wildman–Crippen MR) is 151 cm³/mol. The van der Waals surface area contributed by atoms with Crippen molar-refractivity contribution in [2.75, 3.05) is 0 Å². The molecular formula is C30H42N4O5. The number of amides is 3. The van der Waals surface area contributed by atoms with Crippen molar-refractivity contribution in [2.45, 2.75) is 77.5 Å². The van der Waals surface area contributed by atoms with Gasteiger partial charge in [-0.2, -0.15) is 0 Å². The average Bonchev–Trinajstić information content (AvgIpc) is 2.87. The molecule has 0 saturated heterocycles. The number of carbonyl (C=O) groups is 4. The normalized spacial score (nSPS) is 14.2. The fourth-order valence-corrected chi connectivity index (χ4v) is 4.25. The molecule has 2 rings (SSSR count). The zero-order chi connectivity index (χ0) is 28.9. The van der Waals surface area contributed by atoms with Crippen LogP contribution in [0.2, 0.25) is 0 Å². The second-order valence-electron chi connectivity index (χ2n) is 10.8. The minimum absolute atomic E-state index is 0.0750. The molecular weight excluding hydrogens is 496 g/mol. The number of aliphatic carboxylic acids is 1. The Morgan fingerprint density at radius 1 is 0.641 bits per heavy atom. The molecule has 2 aromatic carbocycles. The molecule has 9 heteroatoms. The van der Waals surface area contributed by atoms with E-state index in [9.17, 15) is 24.3 Å². The van der Waals surface area contributed by atoms with Crippen LogP contribution in [0, 0.1) is 11.8 Å². The highest BCUT2D eigenvalue weighted by molar-refractivity contribution is 5.94. The van der Waals surface area contributed by atoms with Gasteiger partial charge in [-0.15, -0.1) is 0 Å². The Balaban J connectivity index is 2.24.